The minimum Gasteiger partial charge on any atom is -0.396 e. The maximum Gasteiger partial charge on any atom is 0.237 e. The Morgan fingerprint density at radius 2 is 2.36 bits per heavy atom. The first-order chi connectivity index (χ1) is 6.66. The fourth-order valence-electron chi connectivity index (χ4n) is 1.98. The van der Waals surface area contributed by atoms with Gasteiger partial charge in [0.15, 0.2) is 0 Å². The predicted octanol–water partition coefficient (Wildman–Crippen LogP) is -0.175. The van der Waals surface area contributed by atoms with Gasteiger partial charge in [-0.1, -0.05) is 13.8 Å². The average molecular weight is 200 g/mol. The van der Waals surface area contributed by atoms with Crippen molar-refractivity contribution in [1.82, 2.24) is 10.2 Å². The summed E-state index contributed by atoms with van der Waals surface area (Å²) in [6.45, 7) is 6.75. The van der Waals surface area contributed by atoms with E-state index < -0.39 is 0 Å². The Kier molecular flexibility index (Phi) is 4.35. The quantitative estimate of drug-likeness (QED) is 0.662. The van der Waals surface area contributed by atoms with Crippen molar-refractivity contribution in [2.75, 3.05) is 26.2 Å². The Morgan fingerprint density at radius 1 is 1.64 bits per heavy atom. The number of hydrogen-bond acceptors (Lipinski definition) is 3. The second kappa shape index (κ2) is 5.32. The van der Waals surface area contributed by atoms with Gasteiger partial charge in [-0.05, 0) is 12.3 Å². The first-order valence-electron chi connectivity index (χ1n) is 5.29. The van der Waals surface area contributed by atoms with Gasteiger partial charge in [0, 0.05) is 26.2 Å². The Bertz CT molecular complexity index is 195. The van der Waals surface area contributed by atoms with Crippen LogP contribution in [0.1, 0.15) is 20.3 Å². The number of aliphatic hydroxyl groups excluding tert-OH is 1. The van der Waals surface area contributed by atoms with Gasteiger partial charge in [0.2, 0.25) is 5.91 Å². The Labute approximate surface area is 85.3 Å². The monoisotopic (exact) mass is 200 g/mol. The Morgan fingerprint density at radius 3 is 2.93 bits per heavy atom. The molecule has 1 unspecified atom stereocenters. The van der Waals surface area contributed by atoms with Gasteiger partial charge in [-0.3, -0.25) is 9.69 Å². The van der Waals surface area contributed by atoms with Crippen LogP contribution in [-0.4, -0.2) is 48.2 Å². The summed E-state index contributed by atoms with van der Waals surface area (Å²) in [7, 11) is 0. The molecule has 4 nitrogen and oxygen atoms in total. The van der Waals surface area contributed by atoms with Crippen LogP contribution in [0.15, 0.2) is 0 Å². The highest BCUT2D eigenvalue weighted by atomic mass is 16.3. The van der Waals surface area contributed by atoms with E-state index in [0.29, 0.717) is 5.92 Å². The summed E-state index contributed by atoms with van der Waals surface area (Å²) in [5.74, 6) is 0.457. The zero-order valence-corrected chi connectivity index (χ0v) is 8.99. The molecule has 2 N–H and O–H groups in total. The number of aliphatic hydroxyl groups is 1. The lowest BCUT2D eigenvalue weighted by Crippen LogP contribution is -2.57. The number of nitrogens with zero attached hydrogens (tertiary/aromatic N) is 1. The fraction of sp³-hybridized carbons (Fsp3) is 0.900. The Balaban J connectivity index is 2.55. The number of rotatable bonds is 4. The summed E-state index contributed by atoms with van der Waals surface area (Å²) >= 11 is 0. The van der Waals surface area contributed by atoms with E-state index in [-0.39, 0.29) is 18.6 Å². The number of amides is 1. The van der Waals surface area contributed by atoms with Crippen molar-refractivity contribution >= 4 is 5.91 Å². The second-order valence-electron chi connectivity index (χ2n) is 4.09. The van der Waals surface area contributed by atoms with Gasteiger partial charge in [0.1, 0.15) is 0 Å². The average Bonchev–Trinajstić information content (AvgIpc) is 2.14. The predicted molar refractivity (Wildman–Crippen MR) is 54.9 cm³/mol. The van der Waals surface area contributed by atoms with E-state index in [9.17, 15) is 4.79 Å². The lowest BCUT2D eigenvalue weighted by Gasteiger charge is -2.37. The van der Waals surface area contributed by atoms with E-state index in [1.54, 1.807) is 0 Å². The summed E-state index contributed by atoms with van der Waals surface area (Å²) < 4.78 is 0. The molecule has 1 atom stereocenters. The standard InChI is InChI=1S/C10H20N2O2/c1-8(2)9-10(14)11-4-6-12(9)5-3-7-13/h8-9,13H,3-7H2,1-2H3,(H,11,14). The third kappa shape index (κ3) is 2.69. The largest absolute Gasteiger partial charge is 0.396 e. The molecule has 1 saturated heterocycles. The minimum atomic E-state index is -0.0182. The zero-order chi connectivity index (χ0) is 10.6. The van der Waals surface area contributed by atoms with Crippen molar-refractivity contribution < 1.29 is 9.90 Å². The Hall–Kier alpha value is -0.610. The van der Waals surface area contributed by atoms with Crippen molar-refractivity contribution in [3.05, 3.63) is 0 Å². The molecule has 0 bridgehead atoms. The van der Waals surface area contributed by atoms with Gasteiger partial charge in [-0.25, -0.2) is 0 Å². The fourth-order valence-corrected chi connectivity index (χ4v) is 1.98. The van der Waals surface area contributed by atoms with Crippen molar-refractivity contribution in [2.45, 2.75) is 26.3 Å². The summed E-state index contributed by atoms with van der Waals surface area (Å²) in [4.78, 5) is 13.8. The normalized spacial score (nSPS) is 24.0. The van der Waals surface area contributed by atoms with Gasteiger partial charge in [0.05, 0.1) is 6.04 Å². The molecule has 0 aromatic heterocycles. The first-order valence-corrected chi connectivity index (χ1v) is 5.29. The van der Waals surface area contributed by atoms with Crippen molar-refractivity contribution in [3.8, 4) is 0 Å². The number of carbonyl (C=O) groups is 1. The number of piperazine rings is 1. The maximum atomic E-state index is 11.6. The smallest absolute Gasteiger partial charge is 0.237 e. The van der Waals surface area contributed by atoms with E-state index in [2.05, 4.69) is 24.1 Å². The van der Waals surface area contributed by atoms with Crippen molar-refractivity contribution in [1.29, 1.82) is 0 Å². The molecule has 0 radical (unpaired) electrons. The van der Waals surface area contributed by atoms with E-state index in [4.69, 9.17) is 5.11 Å². The molecule has 1 aliphatic rings. The molecule has 0 aliphatic carbocycles. The molecule has 1 heterocycles. The van der Waals surface area contributed by atoms with Crippen LogP contribution in [0.5, 0.6) is 0 Å². The highest BCUT2D eigenvalue weighted by Gasteiger charge is 2.31. The molecular weight excluding hydrogens is 180 g/mol. The molecule has 0 spiro atoms. The lowest BCUT2D eigenvalue weighted by molar-refractivity contribution is -0.130. The van der Waals surface area contributed by atoms with Crippen LogP contribution in [0, 0.1) is 5.92 Å². The minimum absolute atomic E-state index is 0.0182. The van der Waals surface area contributed by atoms with E-state index in [1.807, 2.05) is 0 Å². The molecule has 0 aromatic rings. The molecule has 1 aliphatic heterocycles. The van der Waals surface area contributed by atoms with Gasteiger partial charge >= 0.3 is 0 Å². The van der Waals surface area contributed by atoms with Crippen LogP contribution in [0.25, 0.3) is 0 Å². The summed E-state index contributed by atoms with van der Waals surface area (Å²) in [5, 5.41) is 11.6. The highest BCUT2D eigenvalue weighted by Crippen LogP contribution is 2.13. The number of carbonyl (C=O) groups excluding carboxylic acids is 1. The molecule has 1 fully saturated rings. The van der Waals surface area contributed by atoms with Crippen LogP contribution >= 0.6 is 0 Å². The van der Waals surface area contributed by atoms with Gasteiger partial charge < -0.3 is 10.4 Å². The first kappa shape index (κ1) is 11.5. The summed E-state index contributed by atoms with van der Waals surface area (Å²) in [6.07, 6.45) is 0.747. The maximum absolute atomic E-state index is 11.6. The molecule has 82 valence electrons. The van der Waals surface area contributed by atoms with E-state index in [0.717, 1.165) is 26.1 Å². The third-order valence-electron chi connectivity index (χ3n) is 2.60. The SMILES string of the molecule is CC(C)C1C(=O)NCCN1CCCO. The molecule has 14 heavy (non-hydrogen) atoms. The summed E-state index contributed by atoms with van der Waals surface area (Å²) in [5.41, 5.74) is 0. The van der Waals surface area contributed by atoms with Gasteiger partial charge in [0.25, 0.3) is 0 Å². The highest BCUT2D eigenvalue weighted by molar-refractivity contribution is 5.82. The lowest BCUT2D eigenvalue weighted by atomic mass is 9.99. The molecule has 4 heteroatoms. The zero-order valence-electron chi connectivity index (χ0n) is 8.99. The molecule has 1 rings (SSSR count). The topological polar surface area (TPSA) is 52.6 Å². The van der Waals surface area contributed by atoms with Gasteiger partial charge in [-0.2, -0.15) is 0 Å². The molecule has 0 saturated carbocycles. The van der Waals surface area contributed by atoms with E-state index in [1.165, 1.54) is 0 Å². The number of hydrogen-bond donors (Lipinski definition) is 2. The number of nitrogens with one attached hydrogen (secondary N) is 1. The van der Waals surface area contributed by atoms with Crippen molar-refractivity contribution in [2.24, 2.45) is 5.92 Å². The van der Waals surface area contributed by atoms with Crippen LogP contribution in [0.2, 0.25) is 0 Å². The molecule has 0 aromatic carbocycles. The van der Waals surface area contributed by atoms with E-state index >= 15 is 0 Å². The third-order valence-corrected chi connectivity index (χ3v) is 2.60. The molecule has 1 amide bonds. The second-order valence-corrected chi connectivity index (χ2v) is 4.09. The van der Waals surface area contributed by atoms with Crippen LogP contribution in [0.3, 0.4) is 0 Å². The van der Waals surface area contributed by atoms with Crippen LogP contribution < -0.4 is 5.32 Å². The van der Waals surface area contributed by atoms with Crippen molar-refractivity contribution in [3.63, 3.8) is 0 Å². The molecular formula is C10H20N2O2. The van der Waals surface area contributed by atoms with Gasteiger partial charge in [-0.15, -0.1) is 0 Å². The summed E-state index contributed by atoms with van der Waals surface area (Å²) in [6, 6.07) is -0.0182. The van der Waals surface area contributed by atoms with Crippen LogP contribution in [0.4, 0.5) is 0 Å². The van der Waals surface area contributed by atoms with Crippen LogP contribution in [-0.2, 0) is 4.79 Å².